The smallest absolute Gasteiger partial charge is 0.220 e. The summed E-state index contributed by atoms with van der Waals surface area (Å²) < 4.78 is 5.24. The average Bonchev–Trinajstić information content (AvgIpc) is 3.13. The standard InChI is InChI=1S/C15H14N2O2S/c18-15(6-4-12-2-1-7-20-12)16-9-11-3-5-13-14(8-11)19-10-17-13/h1-3,5,7-8,10H,4,6,9H2,(H,16,18). The van der Waals surface area contributed by atoms with Gasteiger partial charge in [0, 0.05) is 17.8 Å². The molecule has 1 aromatic carbocycles. The number of carbonyl (C=O) groups is 1. The molecule has 3 rings (SSSR count). The lowest BCUT2D eigenvalue weighted by Crippen LogP contribution is -2.22. The van der Waals surface area contributed by atoms with Crippen molar-refractivity contribution in [2.75, 3.05) is 0 Å². The minimum Gasteiger partial charge on any atom is -0.443 e. The van der Waals surface area contributed by atoms with Crippen LogP contribution in [-0.2, 0) is 17.8 Å². The van der Waals surface area contributed by atoms with Gasteiger partial charge in [0.15, 0.2) is 12.0 Å². The van der Waals surface area contributed by atoms with E-state index >= 15 is 0 Å². The molecule has 0 radical (unpaired) electrons. The Labute approximate surface area is 120 Å². The first kappa shape index (κ1) is 12.9. The van der Waals surface area contributed by atoms with Crippen molar-refractivity contribution in [1.29, 1.82) is 0 Å². The molecule has 0 aliphatic heterocycles. The molecule has 3 aromatic rings. The predicted octanol–water partition coefficient (Wildman–Crippen LogP) is 3.14. The van der Waals surface area contributed by atoms with Crippen LogP contribution < -0.4 is 5.32 Å². The molecule has 0 fully saturated rings. The van der Waals surface area contributed by atoms with E-state index in [0.717, 1.165) is 23.1 Å². The number of oxazole rings is 1. The van der Waals surface area contributed by atoms with E-state index in [1.165, 1.54) is 11.3 Å². The van der Waals surface area contributed by atoms with Gasteiger partial charge in [-0.3, -0.25) is 4.79 Å². The summed E-state index contributed by atoms with van der Waals surface area (Å²) in [5, 5.41) is 4.95. The molecule has 0 atom stereocenters. The number of rotatable bonds is 5. The van der Waals surface area contributed by atoms with Crippen molar-refractivity contribution < 1.29 is 9.21 Å². The number of aryl methyl sites for hydroxylation is 1. The molecule has 0 unspecified atom stereocenters. The van der Waals surface area contributed by atoms with E-state index in [-0.39, 0.29) is 5.91 Å². The number of thiophene rings is 1. The number of benzene rings is 1. The highest BCUT2D eigenvalue weighted by Gasteiger charge is 2.04. The lowest BCUT2D eigenvalue weighted by molar-refractivity contribution is -0.121. The number of aromatic nitrogens is 1. The summed E-state index contributed by atoms with van der Waals surface area (Å²) in [5.41, 5.74) is 2.59. The first-order chi connectivity index (χ1) is 9.81. The fourth-order valence-corrected chi connectivity index (χ4v) is 2.70. The zero-order chi connectivity index (χ0) is 13.8. The molecule has 102 valence electrons. The molecule has 2 heterocycles. The molecule has 4 nitrogen and oxygen atoms in total. The fraction of sp³-hybridized carbons (Fsp3) is 0.200. The van der Waals surface area contributed by atoms with Crippen LogP contribution in [0.15, 0.2) is 46.5 Å². The average molecular weight is 286 g/mol. The van der Waals surface area contributed by atoms with Crippen molar-refractivity contribution in [3.63, 3.8) is 0 Å². The van der Waals surface area contributed by atoms with Gasteiger partial charge in [0.25, 0.3) is 0 Å². The summed E-state index contributed by atoms with van der Waals surface area (Å²) in [7, 11) is 0. The third-order valence-corrected chi connectivity index (χ3v) is 4.00. The first-order valence-corrected chi connectivity index (χ1v) is 7.30. The maximum Gasteiger partial charge on any atom is 0.220 e. The topological polar surface area (TPSA) is 55.1 Å². The Bertz CT molecular complexity index is 704. The molecule has 1 amide bonds. The summed E-state index contributed by atoms with van der Waals surface area (Å²) in [6, 6.07) is 9.80. The Morgan fingerprint density at radius 2 is 2.30 bits per heavy atom. The number of nitrogens with zero attached hydrogens (tertiary/aromatic N) is 1. The molecule has 20 heavy (non-hydrogen) atoms. The van der Waals surface area contributed by atoms with Gasteiger partial charge < -0.3 is 9.73 Å². The van der Waals surface area contributed by atoms with Gasteiger partial charge in [0.1, 0.15) is 5.52 Å². The Kier molecular flexibility index (Phi) is 3.78. The molecule has 1 N–H and O–H groups in total. The monoisotopic (exact) mass is 286 g/mol. The van der Waals surface area contributed by atoms with E-state index in [4.69, 9.17) is 4.42 Å². The first-order valence-electron chi connectivity index (χ1n) is 6.42. The molecular weight excluding hydrogens is 272 g/mol. The predicted molar refractivity (Wildman–Crippen MR) is 78.5 cm³/mol. The van der Waals surface area contributed by atoms with E-state index in [1.807, 2.05) is 29.6 Å². The van der Waals surface area contributed by atoms with Crippen LogP contribution in [0.5, 0.6) is 0 Å². The normalized spacial score (nSPS) is 10.8. The lowest BCUT2D eigenvalue weighted by atomic mass is 10.2. The second-order valence-electron chi connectivity index (χ2n) is 4.51. The SMILES string of the molecule is O=C(CCc1cccs1)NCc1ccc2ncoc2c1. The Morgan fingerprint density at radius 1 is 1.35 bits per heavy atom. The molecule has 5 heteroatoms. The number of hydrogen-bond acceptors (Lipinski definition) is 4. The molecule has 0 saturated heterocycles. The zero-order valence-corrected chi connectivity index (χ0v) is 11.7. The van der Waals surface area contributed by atoms with Crippen LogP contribution in [-0.4, -0.2) is 10.9 Å². The van der Waals surface area contributed by atoms with Gasteiger partial charge >= 0.3 is 0 Å². The van der Waals surface area contributed by atoms with Gasteiger partial charge in [-0.05, 0) is 35.6 Å². The zero-order valence-electron chi connectivity index (χ0n) is 10.8. The van der Waals surface area contributed by atoms with Crippen molar-refractivity contribution in [3.8, 4) is 0 Å². The van der Waals surface area contributed by atoms with E-state index in [1.54, 1.807) is 11.3 Å². The van der Waals surface area contributed by atoms with Crippen LogP contribution in [0.3, 0.4) is 0 Å². The summed E-state index contributed by atoms with van der Waals surface area (Å²) >= 11 is 1.68. The fourth-order valence-electron chi connectivity index (χ4n) is 1.99. The summed E-state index contributed by atoms with van der Waals surface area (Å²) in [6.07, 6.45) is 2.74. The van der Waals surface area contributed by atoms with Gasteiger partial charge in [0.05, 0.1) is 0 Å². The van der Waals surface area contributed by atoms with Crippen molar-refractivity contribution in [2.24, 2.45) is 0 Å². The van der Waals surface area contributed by atoms with Crippen molar-refractivity contribution in [3.05, 3.63) is 52.5 Å². The molecule has 2 aromatic heterocycles. The molecule has 0 saturated carbocycles. The van der Waals surface area contributed by atoms with Gasteiger partial charge in [-0.2, -0.15) is 0 Å². The third-order valence-electron chi connectivity index (χ3n) is 3.06. The Morgan fingerprint density at radius 3 is 3.15 bits per heavy atom. The molecule has 0 bridgehead atoms. The van der Waals surface area contributed by atoms with Crippen LogP contribution in [0, 0.1) is 0 Å². The summed E-state index contributed by atoms with van der Waals surface area (Å²) in [4.78, 5) is 17.1. The highest BCUT2D eigenvalue weighted by molar-refractivity contribution is 7.09. The van der Waals surface area contributed by atoms with Gasteiger partial charge in [-0.15, -0.1) is 11.3 Å². The number of fused-ring (bicyclic) bond motifs is 1. The third kappa shape index (κ3) is 3.05. The van der Waals surface area contributed by atoms with Crippen LogP contribution in [0.2, 0.25) is 0 Å². The lowest BCUT2D eigenvalue weighted by Gasteiger charge is -2.04. The highest BCUT2D eigenvalue weighted by Crippen LogP contribution is 2.14. The van der Waals surface area contributed by atoms with E-state index in [2.05, 4.69) is 16.4 Å². The number of nitrogens with one attached hydrogen (secondary N) is 1. The minimum atomic E-state index is 0.0658. The van der Waals surface area contributed by atoms with Gasteiger partial charge in [-0.25, -0.2) is 4.98 Å². The Balaban J connectivity index is 1.51. The second kappa shape index (κ2) is 5.88. The molecule has 0 spiro atoms. The van der Waals surface area contributed by atoms with Crippen LogP contribution in [0.25, 0.3) is 11.1 Å². The largest absolute Gasteiger partial charge is 0.443 e. The number of amides is 1. The molecular formula is C15H14N2O2S. The van der Waals surface area contributed by atoms with Crippen molar-refractivity contribution in [1.82, 2.24) is 10.3 Å². The Hall–Kier alpha value is -2.14. The molecule has 0 aliphatic rings. The maximum atomic E-state index is 11.8. The maximum absolute atomic E-state index is 11.8. The molecule has 0 aliphatic carbocycles. The summed E-state index contributed by atoms with van der Waals surface area (Å²) in [6.45, 7) is 0.514. The second-order valence-corrected chi connectivity index (χ2v) is 5.54. The summed E-state index contributed by atoms with van der Waals surface area (Å²) in [5.74, 6) is 0.0658. The van der Waals surface area contributed by atoms with Crippen LogP contribution in [0.4, 0.5) is 0 Å². The van der Waals surface area contributed by atoms with Crippen LogP contribution >= 0.6 is 11.3 Å². The van der Waals surface area contributed by atoms with Crippen LogP contribution in [0.1, 0.15) is 16.9 Å². The van der Waals surface area contributed by atoms with Crippen molar-refractivity contribution in [2.45, 2.75) is 19.4 Å². The van der Waals surface area contributed by atoms with Crippen molar-refractivity contribution >= 4 is 28.3 Å². The number of hydrogen-bond donors (Lipinski definition) is 1. The number of carbonyl (C=O) groups excluding carboxylic acids is 1. The van der Waals surface area contributed by atoms with E-state index in [0.29, 0.717) is 13.0 Å². The van der Waals surface area contributed by atoms with Gasteiger partial charge in [0.2, 0.25) is 5.91 Å². The van der Waals surface area contributed by atoms with E-state index in [9.17, 15) is 4.79 Å². The van der Waals surface area contributed by atoms with E-state index < -0.39 is 0 Å². The minimum absolute atomic E-state index is 0.0658. The highest BCUT2D eigenvalue weighted by atomic mass is 32.1. The van der Waals surface area contributed by atoms with Gasteiger partial charge in [-0.1, -0.05) is 12.1 Å². The quantitative estimate of drug-likeness (QED) is 0.784.